The molecule has 0 radical (unpaired) electrons. The SMILES string of the molecule is Cc1ccc(S(=O)(=O)NCC(Sc2ccccc2)c2ccc(Cl)cc2)cc1. The highest BCUT2D eigenvalue weighted by molar-refractivity contribution is 7.99. The summed E-state index contributed by atoms with van der Waals surface area (Å²) in [7, 11) is -3.57. The highest BCUT2D eigenvalue weighted by atomic mass is 35.5. The Balaban J connectivity index is 1.80. The van der Waals surface area contributed by atoms with E-state index < -0.39 is 10.0 Å². The second-order valence-electron chi connectivity index (χ2n) is 6.14. The maximum atomic E-state index is 12.6. The molecular weight excluding hydrogens is 398 g/mol. The fraction of sp³-hybridized carbons (Fsp3) is 0.143. The molecule has 1 N–H and O–H groups in total. The maximum absolute atomic E-state index is 12.6. The minimum absolute atomic E-state index is 0.0788. The molecule has 0 saturated heterocycles. The maximum Gasteiger partial charge on any atom is 0.240 e. The molecule has 1 atom stereocenters. The monoisotopic (exact) mass is 417 g/mol. The van der Waals surface area contributed by atoms with E-state index in [4.69, 9.17) is 11.6 Å². The van der Waals surface area contributed by atoms with Crippen LogP contribution in [-0.4, -0.2) is 15.0 Å². The number of sulfonamides is 1. The summed E-state index contributed by atoms with van der Waals surface area (Å²) in [5, 5.41) is 0.576. The van der Waals surface area contributed by atoms with Crippen molar-refractivity contribution < 1.29 is 8.42 Å². The minimum Gasteiger partial charge on any atom is -0.210 e. The predicted molar refractivity (Wildman–Crippen MR) is 113 cm³/mol. The first-order valence-electron chi connectivity index (χ1n) is 8.47. The van der Waals surface area contributed by atoms with Crippen molar-refractivity contribution in [2.24, 2.45) is 0 Å². The number of aryl methyl sites for hydroxylation is 1. The molecule has 0 heterocycles. The topological polar surface area (TPSA) is 46.2 Å². The number of rotatable bonds is 7. The first-order valence-corrected chi connectivity index (χ1v) is 11.2. The van der Waals surface area contributed by atoms with Crippen molar-refractivity contribution in [3.05, 3.63) is 95.0 Å². The van der Waals surface area contributed by atoms with Crippen LogP contribution >= 0.6 is 23.4 Å². The third-order valence-corrected chi connectivity index (χ3v) is 7.01. The zero-order chi connectivity index (χ0) is 19.3. The van der Waals surface area contributed by atoms with Crippen molar-refractivity contribution >= 4 is 33.4 Å². The van der Waals surface area contributed by atoms with E-state index in [1.165, 1.54) is 0 Å². The van der Waals surface area contributed by atoms with Crippen LogP contribution in [-0.2, 0) is 10.0 Å². The summed E-state index contributed by atoms with van der Waals surface area (Å²) in [5.74, 6) is 0. The van der Waals surface area contributed by atoms with Gasteiger partial charge in [0, 0.05) is 21.7 Å². The van der Waals surface area contributed by atoms with E-state index in [1.54, 1.807) is 36.0 Å². The zero-order valence-corrected chi connectivity index (χ0v) is 17.2. The average Bonchev–Trinajstić information content (AvgIpc) is 2.67. The Kier molecular flexibility index (Phi) is 6.60. The molecule has 140 valence electrons. The normalized spacial score (nSPS) is 12.7. The Morgan fingerprint density at radius 2 is 1.56 bits per heavy atom. The average molecular weight is 418 g/mol. The first kappa shape index (κ1) is 20.0. The van der Waals surface area contributed by atoms with Gasteiger partial charge in [-0.1, -0.05) is 59.6 Å². The van der Waals surface area contributed by atoms with E-state index in [9.17, 15) is 8.42 Å². The van der Waals surface area contributed by atoms with Crippen molar-refractivity contribution in [2.75, 3.05) is 6.54 Å². The lowest BCUT2D eigenvalue weighted by Crippen LogP contribution is -2.27. The third-order valence-electron chi connectivity index (χ3n) is 4.05. The molecule has 3 aromatic rings. The highest BCUT2D eigenvalue weighted by Crippen LogP contribution is 2.35. The van der Waals surface area contributed by atoms with Crippen LogP contribution < -0.4 is 4.72 Å². The molecule has 0 aliphatic carbocycles. The molecule has 0 aromatic heterocycles. The van der Waals surface area contributed by atoms with E-state index in [0.717, 1.165) is 16.0 Å². The number of hydrogen-bond acceptors (Lipinski definition) is 3. The van der Waals surface area contributed by atoms with Crippen molar-refractivity contribution in [3.8, 4) is 0 Å². The van der Waals surface area contributed by atoms with E-state index in [1.807, 2.05) is 61.5 Å². The van der Waals surface area contributed by atoms with Gasteiger partial charge in [0.05, 0.1) is 4.90 Å². The smallest absolute Gasteiger partial charge is 0.210 e. The third kappa shape index (κ3) is 5.59. The van der Waals surface area contributed by atoms with Crippen LogP contribution in [0.4, 0.5) is 0 Å². The summed E-state index contributed by atoms with van der Waals surface area (Å²) in [4.78, 5) is 1.35. The van der Waals surface area contributed by atoms with Crippen LogP contribution in [0, 0.1) is 6.92 Å². The van der Waals surface area contributed by atoms with Gasteiger partial charge in [-0.3, -0.25) is 0 Å². The molecule has 3 nitrogen and oxygen atoms in total. The Morgan fingerprint density at radius 3 is 2.19 bits per heavy atom. The molecule has 6 heteroatoms. The van der Waals surface area contributed by atoms with Gasteiger partial charge in [-0.2, -0.15) is 0 Å². The largest absolute Gasteiger partial charge is 0.240 e. The van der Waals surface area contributed by atoms with E-state index >= 15 is 0 Å². The lowest BCUT2D eigenvalue weighted by Gasteiger charge is -2.18. The molecule has 1 unspecified atom stereocenters. The van der Waals surface area contributed by atoms with Crippen LogP contribution in [0.15, 0.2) is 88.7 Å². The molecule has 0 amide bonds. The van der Waals surface area contributed by atoms with Crippen LogP contribution in [0.5, 0.6) is 0 Å². The Labute approximate surface area is 169 Å². The predicted octanol–water partition coefficient (Wildman–Crippen LogP) is 5.46. The lowest BCUT2D eigenvalue weighted by atomic mass is 10.1. The van der Waals surface area contributed by atoms with Gasteiger partial charge in [0.2, 0.25) is 10.0 Å². The Morgan fingerprint density at radius 1 is 0.926 bits per heavy atom. The fourth-order valence-corrected chi connectivity index (χ4v) is 4.94. The fourth-order valence-electron chi connectivity index (χ4n) is 2.55. The van der Waals surface area contributed by atoms with Crippen LogP contribution in [0.25, 0.3) is 0 Å². The van der Waals surface area contributed by atoms with Gasteiger partial charge in [-0.15, -0.1) is 11.8 Å². The van der Waals surface area contributed by atoms with Gasteiger partial charge < -0.3 is 0 Å². The van der Waals surface area contributed by atoms with Crippen LogP contribution in [0.2, 0.25) is 5.02 Å². The molecule has 27 heavy (non-hydrogen) atoms. The summed E-state index contributed by atoms with van der Waals surface area (Å²) in [6.45, 7) is 2.20. The molecule has 0 bridgehead atoms. The zero-order valence-electron chi connectivity index (χ0n) is 14.8. The summed E-state index contributed by atoms with van der Waals surface area (Å²) in [6.07, 6.45) is 0. The van der Waals surface area contributed by atoms with E-state index in [2.05, 4.69) is 4.72 Å². The van der Waals surface area contributed by atoms with Crippen molar-refractivity contribution in [2.45, 2.75) is 22.0 Å². The van der Waals surface area contributed by atoms with Gasteiger partial charge in [0.15, 0.2) is 0 Å². The van der Waals surface area contributed by atoms with Crippen molar-refractivity contribution in [1.82, 2.24) is 4.72 Å². The van der Waals surface area contributed by atoms with Gasteiger partial charge >= 0.3 is 0 Å². The van der Waals surface area contributed by atoms with Crippen molar-refractivity contribution in [1.29, 1.82) is 0 Å². The van der Waals surface area contributed by atoms with Gasteiger partial charge in [-0.25, -0.2) is 13.1 Å². The number of benzene rings is 3. The van der Waals surface area contributed by atoms with E-state index in [0.29, 0.717) is 5.02 Å². The Bertz CT molecular complexity index is 973. The number of nitrogens with one attached hydrogen (secondary N) is 1. The molecule has 3 rings (SSSR count). The van der Waals surface area contributed by atoms with E-state index in [-0.39, 0.29) is 16.7 Å². The number of thioether (sulfide) groups is 1. The summed E-state index contributed by atoms with van der Waals surface area (Å²) >= 11 is 7.62. The highest BCUT2D eigenvalue weighted by Gasteiger charge is 2.19. The molecule has 0 aliphatic rings. The summed E-state index contributed by atoms with van der Waals surface area (Å²) in [6, 6.07) is 24.3. The second kappa shape index (κ2) is 8.93. The molecule has 0 spiro atoms. The minimum atomic E-state index is -3.57. The first-order chi connectivity index (χ1) is 12.9. The molecule has 3 aromatic carbocycles. The number of hydrogen-bond donors (Lipinski definition) is 1. The lowest BCUT2D eigenvalue weighted by molar-refractivity contribution is 0.581. The van der Waals surface area contributed by atoms with Crippen LogP contribution in [0.1, 0.15) is 16.4 Å². The van der Waals surface area contributed by atoms with Gasteiger partial charge in [-0.05, 0) is 48.9 Å². The van der Waals surface area contributed by atoms with Crippen LogP contribution in [0.3, 0.4) is 0 Å². The molecular formula is C21H20ClNO2S2. The number of halogens is 1. The molecule has 0 saturated carbocycles. The summed E-state index contributed by atoms with van der Waals surface area (Å²) in [5.41, 5.74) is 2.03. The van der Waals surface area contributed by atoms with Crippen molar-refractivity contribution in [3.63, 3.8) is 0 Å². The standard InChI is InChI=1S/C21H20ClNO2S2/c1-16-7-13-20(14-8-16)27(24,25)23-15-21(17-9-11-18(22)12-10-17)26-19-5-3-2-4-6-19/h2-14,21,23H,15H2,1H3. The van der Waals surface area contributed by atoms with Gasteiger partial charge in [0.1, 0.15) is 0 Å². The second-order valence-corrected chi connectivity index (χ2v) is 9.62. The quantitative estimate of drug-likeness (QED) is 0.519. The molecule has 0 fully saturated rings. The summed E-state index contributed by atoms with van der Waals surface area (Å²) < 4.78 is 28.0. The molecule has 0 aliphatic heterocycles. The van der Waals surface area contributed by atoms with Gasteiger partial charge in [0.25, 0.3) is 0 Å². The Hall–Kier alpha value is -1.79.